The molecule has 6 nitrogen and oxygen atoms in total. The molecule has 0 unspecified atom stereocenters. The number of carbonyl (C=O) groups is 1. The smallest absolute Gasteiger partial charge is 0.274 e. The highest BCUT2D eigenvalue weighted by Crippen LogP contribution is 2.16. The van der Waals surface area contributed by atoms with Crippen LogP contribution in [0.3, 0.4) is 0 Å². The molecule has 0 atom stereocenters. The van der Waals surface area contributed by atoms with E-state index in [2.05, 4.69) is 26.7 Å². The van der Waals surface area contributed by atoms with E-state index in [0.717, 1.165) is 16.9 Å². The second kappa shape index (κ2) is 7.23. The number of hydrogen-bond acceptors (Lipinski definition) is 5. The lowest BCUT2D eigenvalue weighted by atomic mass is 10.2. The fraction of sp³-hybridized carbons (Fsp3) is 0.0526. The summed E-state index contributed by atoms with van der Waals surface area (Å²) in [6.07, 6.45) is 1.52. The van der Waals surface area contributed by atoms with Crippen LogP contribution in [0.25, 0.3) is 0 Å². The predicted molar refractivity (Wildman–Crippen MR) is 95.6 cm³/mol. The van der Waals surface area contributed by atoms with Gasteiger partial charge in [-0.2, -0.15) is 5.26 Å². The SMILES string of the molecule is Cc1ccccc1NC(=O)c1ccnc(Nc2ccc(C#N)cc2)n1. The third kappa shape index (κ3) is 3.98. The lowest BCUT2D eigenvalue weighted by Gasteiger charge is -2.09. The number of para-hydroxylation sites is 1. The Kier molecular flexibility index (Phi) is 4.67. The number of nitriles is 1. The van der Waals surface area contributed by atoms with Gasteiger partial charge in [-0.3, -0.25) is 4.79 Å². The average molecular weight is 329 g/mol. The molecule has 1 aromatic heterocycles. The van der Waals surface area contributed by atoms with Crippen LogP contribution in [0, 0.1) is 18.3 Å². The molecule has 3 aromatic rings. The van der Waals surface area contributed by atoms with Gasteiger partial charge in [-0.15, -0.1) is 0 Å². The molecule has 0 aliphatic carbocycles. The maximum absolute atomic E-state index is 12.4. The van der Waals surface area contributed by atoms with E-state index in [9.17, 15) is 4.79 Å². The van der Waals surface area contributed by atoms with Gasteiger partial charge >= 0.3 is 0 Å². The van der Waals surface area contributed by atoms with Crippen LogP contribution in [0.2, 0.25) is 0 Å². The molecule has 0 saturated heterocycles. The molecule has 1 amide bonds. The Morgan fingerprint density at radius 2 is 1.84 bits per heavy atom. The number of rotatable bonds is 4. The number of benzene rings is 2. The quantitative estimate of drug-likeness (QED) is 0.762. The van der Waals surface area contributed by atoms with E-state index in [1.165, 1.54) is 6.20 Å². The minimum Gasteiger partial charge on any atom is -0.324 e. The molecule has 3 rings (SSSR count). The standard InChI is InChI=1S/C19H15N5O/c1-13-4-2-3-5-16(13)23-18(25)17-10-11-21-19(24-17)22-15-8-6-14(12-20)7-9-15/h2-11H,1H3,(H,23,25)(H,21,22,24). The maximum atomic E-state index is 12.4. The zero-order valence-corrected chi connectivity index (χ0v) is 13.5. The van der Waals surface area contributed by atoms with Crippen LogP contribution in [0.5, 0.6) is 0 Å². The first-order chi connectivity index (χ1) is 12.2. The number of hydrogen-bond donors (Lipinski definition) is 2. The first-order valence-electron chi connectivity index (χ1n) is 7.63. The number of anilines is 3. The summed E-state index contributed by atoms with van der Waals surface area (Å²) in [5.74, 6) is 0.00159. The largest absolute Gasteiger partial charge is 0.324 e. The molecule has 0 fully saturated rings. The third-order valence-electron chi connectivity index (χ3n) is 3.55. The lowest BCUT2D eigenvalue weighted by Crippen LogP contribution is -2.15. The number of aryl methyl sites for hydroxylation is 1. The summed E-state index contributed by atoms with van der Waals surface area (Å²) >= 11 is 0. The van der Waals surface area contributed by atoms with Gasteiger partial charge < -0.3 is 10.6 Å². The zero-order valence-electron chi connectivity index (χ0n) is 13.5. The van der Waals surface area contributed by atoms with Crippen molar-refractivity contribution in [2.45, 2.75) is 6.92 Å². The molecular weight excluding hydrogens is 314 g/mol. The van der Waals surface area contributed by atoms with E-state index >= 15 is 0 Å². The van der Waals surface area contributed by atoms with Crippen molar-refractivity contribution in [3.63, 3.8) is 0 Å². The van der Waals surface area contributed by atoms with Crippen molar-refractivity contribution < 1.29 is 4.79 Å². The van der Waals surface area contributed by atoms with Gasteiger partial charge in [0.25, 0.3) is 5.91 Å². The highest BCUT2D eigenvalue weighted by atomic mass is 16.1. The van der Waals surface area contributed by atoms with Crippen LogP contribution in [-0.2, 0) is 0 Å². The van der Waals surface area contributed by atoms with Crippen molar-refractivity contribution in [3.05, 3.63) is 77.6 Å². The highest BCUT2D eigenvalue weighted by molar-refractivity contribution is 6.03. The summed E-state index contributed by atoms with van der Waals surface area (Å²) in [5.41, 5.74) is 3.27. The molecule has 0 aliphatic rings. The van der Waals surface area contributed by atoms with Gasteiger partial charge in [-0.1, -0.05) is 18.2 Å². The minimum atomic E-state index is -0.306. The maximum Gasteiger partial charge on any atom is 0.274 e. The van der Waals surface area contributed by atoms with Gasteiger partial charge in [0.1, 0.15) is 5.69 Å². The summed E-state index contributed by atoms with van der Waals surface area (Å²) in [4.78, 5) is 20.7. The third-order valence-corrected chi connectivity index (χ3v) is 3.55. The molecule has 0 aliphatic heterocycles. The molecule has 6 heteroatoms. The molecule has 0 saturated carbocycles. The van der Waals surface area contributed by atoms with Gasteiger partial charge in [0.05, 0.1) is 11.6 Å². The monoisotopic (exact) mass is 329 g/mol. The fourth-order valence-corrected chi connectivity index (χ4v) is 2.20. The summed E-state index contributed by atoms with van der Waals surface area (Å²) < 4.78 is 0. The molecule has 1 heterocycles. The molecule has 0 spiro atoms. The van der Waals surface area contributed by atoms with E-state index in [1.807, 2.05) is 31.2 Å². The van der Waals surface area contributed by atoms with Gasteiger partial charge in [-0.25, -0.2) is 9.97 Å². The Hall–Kier alpha value is -3.72. The Morgan fingerprint density at radius 3 is 2.56 bits per heavy atom. The second-order valence-corrected chi connectivity index (χ2v) is 5.35. The van der Waals surface area contributed by atoms with Crippen molar-refractivity contribution in [2.24, 2.45) is 0 Å². The van der Waals surface area contributed by atoms with Crippen LogP contribution < -0.4 is 10.6 Å². The van der Waals surface area contributed by atoms with Gasteiger partial charge in [0.2, 0.25) is 5.95 Å². The van der Waals surface area contributed by atoms with Crippen LogP contribution in [0.1, 0.15) is 21.6 Å². The zero-order chi connectivity index (χ0) is 17.6. The summed E-state index contributed by atoms with van der Waals surface area (Å²) in [6, 6.07) is 18.0. The van der Waals surface area contributed by atoms with E-state index in [1.54, 1.807) is 30.3 Å². The average Bonchev–Trinajstić information content (AvgIpc) is 2.64. The Balaban J connectivity index is 1.75. The molecule has 25 heavy (non-hydrogen) atoms. The second-order valence-electron chi connectivity index (χ2n) is 5.35. The molecular formula is C19H15N5O. The molecule has 0 radical (unpaired) electrons. The van der Waals surface area contributed by atoms with Crippen LogP contribution in [0.15, 0.2) is 60.8 Å². The molecule has 2 N–H and O–H groups in total. The van der Waals surface area contributed by atoms with Crippen molar-refractivity contribution >= 4 is 23.2 Å². The van der Waals surface area contributed by atoms with Crippen molar-refractivity contribution in [1.29, 1.82) is 5.26 Å². The van der Waals surface area contributed by atoms with Gasteiger partial charge in [-0.05, 0) is 48.9 Å². The summed E-state index contributed by atoms with van der Waals surface area (Å²) in [6.45, 7) is 1.92. The topological polar surface area (TPSA) is 90.7 Å². The van der Waals surface area contributed by atoms with Crippen LogP contribution in [0.4, 0.5) is 17.3 Å². The fourth-order valence-electron chi connectivity index (χ4n) is 2.20. The van der Waals surface area contributed by atoms with Gasteiger partial charge in [0.15, 0.2) is 0 Å². The number of nitrogens with zero attached hydrogens (tertiary/aromatic N) is 3. The molecule has 0 bridgehead atoms. The number of nitrogens with one attached hydrogen (secondary N) is 2. The Morgan fingerprint density at radius 1 is 1.08 bits per heavy atom. The number of amides is 1. The summed E-state index contributed by atoms with van der Waals surface area (Å²) in [5, 5.41) is 14.7. The lowest BCUT2D eigenvalue weighted by molar-refractivity contribution is 0.102. The van der Waals surface area contributed by atoms with E-state index < -0.39 is 0 Å². The minimum absolute atomic E-state index is 0.259. The molecule has 122 valence electrons. The first-order valence-corrected chi connectivity index (χ1v) is 7.63. The predicted octanol–water partition coefficient (Wildman–Crippen LogP) is 3.65. The molecule has 2 aromatic carbocycles. The van der Waals surface area contributed by atoms with E-state index in [4.69, 9.17) is 5.26 Å². The normalized spacial score (nSPS) is 9.92. The Bertz CT molecular complexity index is 945. The van der Waals surface area contributed by atoms with Gasteiger partial charge in [0, 0.05) is 17.6 Å². The van der Waals surface area contributed by atoms with E-state index in [0.29, 0.717) is 11.5 Å². The van der Waals surface area contributed by atoms with Crippen LogP contribution in [-0.4, -0.2) is 15.9 Å². The van der Waals surface area contributed by atoms with Crippen molar-refractivity contribution in [1.82, 2.24) is 9.97 Å². The van der Waals surface area contributed by atoms with E-state index in [-0.39, 0.29) is 11.6 Å². The number of carbonyl (C=O) groups excluding carboxylic acids is 1. The van der Waals surface area contributed by atoms with Crippen molar-refractivity contribution in [3.8, 4) is 6.07 Å². The van der Waals surface area contributed by atoms with Crippen LogP contribution >= 0.6 is 0 Å². The summed E-state index contributed by atoms with van der Waals surface area (Å²) in [7, 11) is 0. The number of aromatic nitrogens is 2. The first kappa shape index (κ1) is 16.1. The van der Waals surface area contributed by atoms with Crippen molar-refractivity contribution in [2.75, 3.05) is 10.6 Å². The highest BCUT2D eigenvalue weighted by Gasteiger charge is 2.10. The Labute approximate surface area is 145 Å².